The van der Waals surface area contributed by atoms with Crippen LogP contribution in [-0.4, -0.2) is 16.8 Å². The standard InChI is InChI=1S/C17H28BrNO/c1-3-17(4-2,11-18)19-15(20)16-8-12-5-13(9-16)7-14(6-12)10-16/h12-14H,3-11H2,1-2H3,(H,19,20). The maximum Gasteiger partial charge on any atom is 0.226 e. The Morgan fingerprint density at radius 2 is 1.55 bits per heavy atom. The predicted molar refractivity (Wildman–Crippen MR) is 85.9 cm³/mol. The number of carbonyl (C=O) groups excluding carboxylic acids is 1. The molecular weight excluding hydrogens is 314 g/mol. The zero-order chi connectivity index (χ0) is 14.4. The van der Waals surface area contributed by atoms with E-state index in [4.69, 9.17) is 0 Å². The number of hydrogen-bond acceptors (Lipinski definition) is 1. The minimum absolute atomic E-state index is 0.00743. The molecule has 0 spiro atoms. The van der Waals surface area contributed by atoms with Crippen LogP contribution in [0.25, 0.3) is 0 Å². The molecule has 2 nitrogen and oxygen atoms in total. The van der Waals surface area contributed by atoms with Crippen LogP contribution in [0.1, 0.15) is 65.2 Å². The van der Waals surface area contributed by atoms with E-state index in [9.17, 15) is 4.79 Å². The molecule has 1 N–H and O–H groups in total. The summed E-state index contributed by atoms with van der Waals surface area (Å²) in [7, 11) is 0. The molecule has 4 aliphatic rings. The average Bonchev–Trinajstić information content (AvgIpc) is 2.43. The van der Waals surface area contributed by atoms with Gasteiger partial charge in [0, 0.05) is 16.3 Å². The summed E-state index contributed by atoms with van der Waals surface area (Å²) >= 11 is 3.62. The van der Waals surface area contributed by atoms with Crippen molar-refractivity contribution in [2.45, 2.75) is 70.8 Å². The monoisotopic (exact) mass is 341 g/mol. The molecule has 0 aliphatic heterocycles. The van der Waals surface area contributed by atoms with Crippen LogP contribution in [0.2, 0.25) is 0 Å². The summed E-state index contributed by atoms with van der Waals surface area (Å²) in [4.78, 5) is 13.1. The molecule has 114 valence electrons. The third kappa shape index (κ3) is 2.34. The molecule has 20 heavy (non-hydrogen) atoms. The second-order valence-electron chi connectivity index (χ2n) is 7.77. The van der Waals surface area contributed by atoms with Gasteiger partial charge in [-0.15, -0.1) is 0 Å². The lowest BCUT2D eigenvalue weighted by Gasteiger charge is -2.56. The second-order valence-corrected chi connectivity index (χ2v) is 8.33. The summed E-state index contributed by atoms with van der Waals surface area (Å²) in [5.41, 5.74) is -0.0487. The minimum atomic E-state index is -0.0413. The van der Waals surface area contributed by atoms with Crippen molar-refractivity contribution in [1.29, 1.82) is 0 Å². The summed E-state index contributed by atoms with van der Waals surface area (Å²) in [5.74, 6) is 2.90. The number of alkyl halides is 1. The van der Waals surface area contributed by atoms with E-state index in [1.165, 1.54) is 19.3 Å². The first-order valence-electron chi connectivity index (χ1n) is 8.43. The van der Waals surface area contributed by atoms with E-state index in [0.717, 1.165) is 55.2 Å². The van der Waals surface area contributed by atoms with Crippen molar-refractivity contribution in [1.82, 2.24) is 5.32 Å². The lowest BCUT2D eigenvalue weighted by molar-refractivity contribution is -0.148. The van der Waals surface area contributed by atoms with E-state index in [0.29, 0.717) is 5.91 Å². The molecule has 4 saturated carbocycles. The Bertz CT molecular complexity index is 345. The summed E-state index contributed by atoms with van der Waals surface area (Å²) in [5, 5.41) is 4.32. The fourth-order valence-corrected chi connectivity index (χ4v) is 6.34. The van der Waals surface area contributed by atoms with E-state index < -0.39 is 0 Å². The number of hydrogen-bond donors (Lipinski definition) is 1. The van der Waals surface area contributed by atoms with Crippen LogP contribution in [0.5, 0.6) is 0 Å². The van der Waals surface area contributed by atoms with Crippen molar-refractivity contribution in [2.24, 2.45) is 23.2 Å². The van der Waals surface area contributed by atoms with Crippen LogP contribution in [0.4, 0.5) is 0 Å². The van der Waals surface area contributed by atoms with Crippen LogP contribution in [0.3, 0.4) is 0 Å². The SMILES string of the molecule is CCC(CC)(CBr)NC(=O)C12CC3CC(CC(C3)C1)C2. The van der Waals surface area contributed by atoms with Gasteiger partial charge in [-0.1, -0.05) is 29.8 Å². The lowest BCUT2D eigenvalue weighted by Crippen LogP contribution is -2.59. The summed E-state index contributed by atoms with van der Waals surface area (Å²) in [6, 6.07) is 0. The predicted octanol–water partition coefficient (Wildman–Crippen LogP) is 4.27. The number of amides is 1. The van der Waals surface area contributed by atoms with Crippen LogP contribution >= 0.6 is 15.9 Å². The highest BCUT2D eigenvalue weighted by atomic mass is 79.9. The van der Waals surface area contributed by atoms with Crippen LogP contribution in [-0.2, 0) is 4.79 Å². The summed E-state index contributed by atoms with van der Waals surface area (Å²) in [6.45, 7) is 4.37. The molecule has 0 aromatic carbocycles. The molecule has 0 aromatic heterocycles. The molecule has 0 aromatic rings. The third-order valence-corrected chi connectivity index (χ3v) is 7.58. The number of rotatable bonds is 5. The zero-order valence-electron chi connectivity index (χ0n) is 12.9. The fraction of sp³-hybridized carbons (Fsp3) is 0.941. The molecule has 1 amide bonds. The minimum Gasteiger partial charge on any atom is -0.349 e. The Hall–Kier alpha value is -0.0500. The maximum atomic E-state index is 13.1. The Morgan fingerprint density at radius 3 is 1.90 bits per heavy atom. The fourth-order valence-electron chi connectivity index (χ4n) is 5.41. The highest BCUT2D eigenvalue weighted by Gasteiger charge is 2.55. The Balaban J connectivity index is 1.77. The number of carbonyl (C=O) groups is 1. The van der Waals surface area contributed by atoms with E-state index in [-0.39, 0.29) is 11.0 Å². The van der Waals surface area contributed by atoms with Gasteiger partial charge in [-0.3, -0.25) is 4.79 Å². The van der Waals surface area contributed by atoms with Crippen molar-refractivity contribution in [3.63, 3.8) is 0 Å². The van der Waals surface area contributed by atoms with Crippen LogP contribution in [0, 0.1) is 23.2 Å². The van der Waals surface area contributed by atoms with Crippen LogP contribution < -0.4 is 5.32 Å². The largest absolute Gasteiger partial charge is 0.349 e. The van der Waals surface area contributed by atoms with Gasteiger partial charge in [0.05, 0.1) is 0 Å². The average molecular weight is 342 g/mol. The molecule has 4 rings (SSSR count). The van der Waals surface area contributed by atoms with Gasteiger partial charge in [0.1, 0.15) is 0 Å². The Morgan fingerprint density at radius 1 is 1.10 bits per heavy atom. The van der Waals surface area contributed by atoms with Gasteiger partial charge in [-0.25, -0.2) is 0 Å². The first-order valence-corrected chi connectivity index (χ1v) is 9.55. The van der Waals surface area contributed by atoms with E-state index in [2.05, 4.69) is 35.1 Å². The van der Waals surface area contributed by atoms with Crippen molar-refractivity contribution >= 4 is 21.8 Å². The lowest BCUT2D eigenvalue weighted by atomic mass is 9.49. The van der Waals surface area contributed by atoms with Gasteiger partial charge in [-0.2, -0.15) is 0 Å². The molecule has 0 atom stereocenters. The molecule has 0 heterocycles. The Labute approximate surface area is 131 Å². The van der Waals surface area contributed by atoms with Crippen molar-refractivity contribution in [3.05, 3.63) is 0 Å². The van der Waals surface area contributed by atoms with Crippen molar-refractivity contribution < 1.29 is 4.79 Å². The van der Waals surface area contributed by atoms with Crippen molar-refractivity contribution in [3.8, 4) is 0 Å². The van der Waals surface area contributed by atoms with Gasteiger partial charge < -0.3 is 5.32 Å². The Kier molecular flexibility index (Phi) is 3.94. The molecule has 4 fully saturated rings. The maximum absolute atomic E-state index is 13.1. The van der Waals surface area contributed by atoms with E-state index in [1.54, 1.807) is 0 Å². The smallest absolute Gasteiger partial charge is 0.226 e. The molecule has 0 saturated heterocycles. The zero-order valence-corrected chi connectivity index (χ0v) is 14.5. The van der Waals surface area contributed by atoms with Gasteiger partial charge >= 0.3 is 0 Å². The van der Waals surface area contributed by atoms with Gasteiger partial charge in [0.25, 0.3) is 0 Å². The van der Waals surface area contributed by atoms with Gasteiger partial charge in [0.2, 0.25) is 5.91 Å². The highest BCUT2D eigenvalue weighted by molar-refractivity contribution is 9.09. The number of halogens is 1. The van der Waals surface area contributed by atoms with Crippen LogP contribution in [0.15, 0.2) is 0 Å². The third-order valence-electron chi connectivity index (χ3n) is 6.51. The molecule has 0 radical (unpaired) electrons. The first-order chi connectivity index (χ1) is 9.54. The van der Waals surface area contributed by atoms with Crippen molar-refractivity contribution in [2.75, 3.05) is 5.33 Å². The van der Waals surface area contributed by atoms with E-state index >= 15 is 0 Å². The number of nitrogens with one attached hydrogen (secondary N) is 1. The topological polar surface area (TPSA) is 29.1 Å². The molecule has 4 aliphatic carbocycles. The van der Waals surface area contributed by atoms with Gasteiger partial charge in [-0.05, 0) is 69.1 Å². The molecule has 4 bridgehead atoms. The quantitative estimate of drug-likeness (QED) is 0.743. The molecule has 0 unspecified atom stereocenters. The normalized spacial score (nSPS) is 39.0. The second kappa shape index (κ2) is 5.30. The first kappa shape index (κ1) is 14.9. The van der Waals surface area contributed by atoms with E-state index in [1.807, 2.05) is 0 Å². The molecule has 3 heteroatoms. The highest BCUT2D eigenvalue weighted by Crippen LogP contribution is 2.60. The van der Waals surface area contributed by atoms with Gasteiger partial charge in [0.15, 0.2) is 0 Å². The molecular formula is C17H28BrNO. The summed E-state index contributed by atoms with van der Waals surface area (Å²) in [6.07, 6.45) is 9.70. The summed E-state index contributed by atoms with van der Waals surface area (Å²) < 4.78 is 0.